The highest BCUT2D eigenvalue weighted by atomic mass is 127. The highest BCUT2D eigenvalue weighted by Crippen LogP contribution is 2.11. The van der Waals surface area contributed by atoms with E-state index in [9.17, 15) is 9.59 Å². The van der Waals surface area contributed by atoms with Crippen molar-refractivity contribution in [3.8, 4) is 0 Å². The third kappa shape index (κ3) is 8.28. The fraction of sp³-hybridized carbons (Fsp3) is 0.556. The topological polar surface area (TPSA) is 108 Å². The molecule has 0 unspecified atom stereocenters. The minimum Gasteiger partial charge on any atom is -0.450 e. The van der Waals surface area contributed by atoms with Crippen LogP contribution in [0, 0.1) is 0 Å². The van der Waals surface area contributed by atoms with Crippen LogP contribution in [0.25, 0.3) is 0 Å². The molecule has 0 saturated carbocycles. The van der Waals surface area contributed by atoms with Crippen molar-refractivity contribution < 1.29 is 14.3 Å². The second-order valence-electron chi connectivity index (χ2n) is 6.09. The van der Waals surface area contributed by atoms with Crippen molar-refractivity contribution in [1.29, 1.82) is 0 Å². The van der Waals surface area contributed by atoms with Crippen molar-refractivity contribution in [2.45, 2.75) is 32.7 Å². The second kappa shape index (κ2) is 13.1. The van der Waals surface area contributed by atoms with Gasteiger partial charge in [-0.1, -0.05) is 0 Å². The van der Waals surface area contributed by atoms with E-state index in [2.05, 4.69) is 25.9 Å². The minimum atomic E-state index is -0.261. The van der Waals surface area contributed by atoms with Crippen molar-refractivity contribution in [3.63, 3.8) is 0 Å². The molecule has 3 N–H and O–H groups in total. The third-order valence-corrected chi connectivity index (χ3v) is 4.03. The maximum absolute atomic E-state index is 12.0. The Morgan fingerprint density at radius 1 is 1.32 bits per heavy atom. The summed E-state index contributed by atoms with van der Waals surface area (Å²) in [6.45, 7) is 6.12. The van der Waals surface area contributed by atoms with E-state index in [-0.39, 0.29) is 48.6 Å². The van der Waals surface area contributed by atoms with Crippen molar-refractivity contribution in [1.82, 2.24) is 20.5 Å². The van der Waals surface area contributed by atoms with E-state index < -0.39 is 0 Å². The number of carbonyl (C=O) groups excluding carboxylic acids is 2. The highest BCUT2D eigenvalue weighted by Gasteiger charge is 2.24. The van der Waals surface area contributed by atoms with Gasteiger partial charge in [0.15, 0.2) is 5.96 Å². The van der Waals surface area contributed by atoms with Gasteiger partial charge in [0.25, 0.3) is 0 Å². The summed E-state index contributed by atoms with van der Waals surface area (Å²) >= 11 is 0. The maximum atomic E-state index is 12.0. The van der Waals surface area contributed by atoms with Crippen LogP contribution in [0.4, 0.5) is 10.5 Å². The zero-order chi connectivity index (χ0) is 19.5. The molecule has 28 heavy (non-hydrogen) atoms. The van der Waals surface area contributed by atoms with Gasteiger partial charge < -0.3 is 25.6 Å². The Morgan fingerprint density at radius 3 is 2.68 bits per heavy atom. The van der Waals surface area contributed by atoms with Gasteiger partial charge in [0, 0.05) is 31.9 Å². The fourth-order valence-electron chi connectivity index (χ4n) is 2.72. The lowest BCUT2D eigenvalue weighted by Crippen LogP contribution is -2.50. The summed E-state index contributed by atoms with van der Waals surface area (Å²) < 4.78 is 5.03. The summed E-state index contributed by atoms with van der Waals surface area (Å²) in [6.07, 6.45) is 4.57. The summed E-state index contributed by atoms with van der Waals surface area (Å²) in [5, 5.41) is 9.23. The van der Waals surface area contributed by atoms with E-state index in [1.807, 2.05) is 6.92 Å². The van der Waals surface area contributed by atoms with Crippen LogP contribution in [0.2, 0.25) is 0 Å². The Bertz CT molecular complexity index is 635. The summed E-state index contributed by atoms with van der Waals surface area (Å²) in [4.78, 5) is 33.8. The van der Waals surface area contributed by atoms with Gasteiger partial charge in [-0.2, -0.15) is 0 Å². The van der Waals surface area contributed by atoms with Crippen molar-refractivity contribution >= 4 is 47.6 Å². The number of aliphatic imine (C=N–C) groups is 1. The smallest absolute Gasteiger partial charge is 0.409 e. The van der Waals surface area contributed by atoms with Crippen LogP contribution in [-0.2, 0) is 9.53 Å². The number of ether oxygens (including phenoxy) is 1. The van der Waals surface area contributed by atoms with Gasteiger partial charge in [0.2, 0.25) is 5.91 Å². The number of pyridine rings is 1. The molecule has 10 heteroatoms. The number of anilines is 1. The molecule has 2 heterocycles. The molecule has 0 spiro atoms. The number of aromatic nitrogens is 1. The predicted octanol–water partition coefficient (Wildman–Crippen LogP) is 1.81. The van der Waals surface area contributed by atoms with Crippen LogP contribution in [0.5, 0.6) is 0 Å². The van der Waals surface area contributed by atoms with Crippen LogP contribution in [0.15, 0.2) is 29.5 Å². The minimum absolute atomic E-state index is 0. The number of rotatable bonds is 6. The van der Waals surface area contributed by atoms with E-state index in [1.165, 1.54) is 0 Å². The van der Waals surface area contributed by atoms with Gasteiger partial charge in [-0.15, -0.1) is 24.0 Å². The lowest BCUT2D eigenvalue weighted by Gasteiger charge is -2.32. The van der Waals surface area contributed by atoms with Crippen LogP contribution < -0.4 is 16.0 Å². The number of hydrogen-bond donors (Lipinski definition) is 3. The first kappa shape index (κ1) is 23.9. The van der Waals surface area contributed by atoms with E-state index in [0.717, 1.165) is 12.8 Å². The first-order valence-electron chi connectivity index (χ1n) is 9.28. The predicted molar refractivity (Wildman–Crippen MR) is 119 cm³/mol. The molecule has 0 radical (unpaired) electrons. The lowest BCUT2D eigenvalue weighted by atomic mass is 10.1. The number of amides is 2. The zero-order valence-corrected chi connectivity index (χ0v) is 18.6. The van der Waals surface area contributed by atoms with Gasteiger partial charge in [0.05, 0.1) is 18.5 Å². The molecule has 156 valence electrons. The number of guanidine groups is 1. The number of likely N-dealkylation sites (tertiary alicyclic amines) is 1. The summed E-state index contributed by atoms with van der Waals surface area (Å²) in [5.41, 5.74) is 0.641. The molecule has 9 nitrogen and oxygen atoms in total. The number of halogens is 1. The molecular weight excluding hydrogens is 475 g/mol. The normalized spacial score (nSPS) is 14.6. The number of hydrogen-bond acceptors (Lipinski definition) is 5. The largest absolute Gasteiger partial charge is 0.450 e. The summed E-state index contributed by atoms with van der Waals surface area (Å²) in [5.74, 6) is 0.380. The second-order valence-corrected chi connectivity index (χ2v) is 6.09. The molecule has 0 bridgehead atoms. The molecule has 1 aliphatic rings. The van der Waals surface area contributed by atoms with Crippen LogP contribution in [-0.4, -0.2) is 66.7 Å². The van der Waals surface area contributed by atoms with E-state index in [0.29, 0.717) is 37.9 Å². The van der Waals surface area contributed by atoms with Crippen molar-refractivity contribution in [3.05, 3.63) is 24.5 Å². The Balaban J connectivity index is 0.00000392. The molecule has 1 saturated heterocycles. The highest BCUT2D eigenvalue weighted by molar-refractivity contribution is 14.0. The Kier molecular flexibility index (Phi) is 11.2. The third-order valence-electron chi connectivity index (χ3n) is 4.03. The van der Waals surface area contributed by atoms with Crippen LogP contribution in [0.1, 0.15) is 26.7 Å². The molecule has 1 fully saturated rings. The zero-order valence-electron chi connectivity index (χ0n) is 16.3. The van der Waals surface area contributed by atoms with Gasteiger partial charge in [0.1, 0.15) is 6.54 Å². The van der Waals surface area contributed by atoms with Gasteiger partial charge in [-0.25, -0.2) is 9.79 Å². The summed E-state index contributed by atoms with van der Waals surface area (Å²) in [6, 6.07) is 3.72. The summed E-state index contributed by atoms with van der Waals surface area (Å²) in [7, 11) is 0. The molecule has 0 aliphatic carbocycles. The fourth-order valence-corrected chi connectivity index (χ4v) is 2.72. The molecular formula is C18H29IN6O3. The van der Waals surface area contributed by atoms with Gasteiger partial charge in [-0.05, 0) is 38.8 Å². The average Bonchev–Trinajstić information content (AvgIpc) is 2.68. The number of nitrogens with one attached hydrogen (secondary N) is 3. The standard InChI is InChI=1S/C18H28N6O3.HI/c1-3-20-17(21-13-16(25)22-15-6-5-9-19-12-15)23-14-7-10-24(11-8-14)18(26)27-4-2;/h5-6,9,12,14H,3-4,7-8,10-11,13H2,1-2H3,(H,22,25)(H2,20,21,23);1H. The van der Waals surface area contributed by atoms with E-state index in [1.54, 1.807) is 36.4 Å². The monoisotopic (exact) mass is 504 g/mol. The first-order chi connectivity index (χ1) is 13.1. The number of carbonyl (C=O) groups is 2. The molecule has 0 atom stereocenters. The SMILES string of the molecule is CCNC(=NCC(=O)Nc1cccnc1)NC1CCN(C(=O)OCC)CC1.I. The van der Waals surface area contributed by atoms with E-state index >= 15 is 0 Å². The molecule has 0 aromatic carbocycles. The maximum Gasteiger partial charge on any atom is 0.409 e. The Labute approximate surface area is 182 Å². The lowest BCUT2D eigenvalue weighted by molar-refractivity contribution is -0.114. The van der Waals surface area contributed by atoms with Gasteiger partial charge >= 0.3 is 6.09 Å². The van der Waals surface area contributed by atoms with Crippen molar-refractivity contribution in [2.75, 3.05) is 38.1 Å². The van der Waals surface area contributed by atoms with E-state index in [4.69, 9.17) is 4.74 Å². The number of nitrogens with zero attached hydrogens (tertiary/aromatic N) is 3. The quantitative estimate of drug-likeness (QED) is 0.310. The Hall–Kier alpha value is -2.11. The van der Waals surface area contributed by atoms with Gasteiger partial charge in [-0.3, -0.25) is 9.78 Å². The molecule has 1 aromatic rings. The van der Waals surface area contributed by atoms with Crippen LogP contribution in [0.3, 0.4) is 0 Å². The Morgan fingerprint density at radius 2 is 2.07 bits per heavy atom. The first-order valence-corrected chi connectivity index (χ1v) is 9.28. The molecule has 2 rings (SSSR count). The number of piperidine rings is 1. The van der Waals surface area contributed by atoms with Crippen molar-refractivity contribution in [2.24, 2.45) is 4.99 Å². The molecule has 1 aromatic heterocycles. The molecule has 2 amide bonds. The van der Waals surface area contributed by atoms with Crippen LogP contribution >= 0.6 is 24.0 Å². The molecule has 1 aliphatic heterocycles. The average molecular weight is 504 g/mol.